The molecule has 0 saturated carbocycles. The quantitative estimate of drug-likeness (QED) is 0.581. The summed E-state index contributed by atoms with van der Waals surface area (Å²) in [5.74, 6) is 0.177. The molecule has 86 valence electrons. The first kappa shape index (κ1) is 12.4. The van der Waals surface area contributed by atoms with Gasteiger partial charge in [0.15, 0.2) is 0 Å². The highest BCUT2D eigenvalue weighted by atomic mass is 19.1. The molecule has 0 saturated heterocycles. The Bertz CT molecular complexity index is 423. The molecule has 0 aliphatic rings. The number of aliphatic imine (C=N–C) groups is 1. The van der Waals surface area contributed by atoms with Crippen LogP contribution in [0.25, 0.3) is 0 Å². The zero-order valence-corrected chi connectivity index (χ0v) is 9.58. The number of hydrogen-bond donors (Lipinski definition) is 0. The molecular formula is C12H14FNO2. The Morgan fingerprint density at radius 2 is 2.19 bits per heavy atom. The van der Waals surface area contributed by atoms with Crippen LogP contribution in [0.3, 0.4) is 0 Å². The summed E-state index contributed by atoms with van der Waals surface area (Å²) in [6, 6.07) is 3.00. The minimum atomic E-state index is -0.300. The van der Waals surface area contributed by atoms with Crippen molar-refractivity contribution in [3.63, 3.8) is 0 Å². The van der Waals surface area contributed by atoms with E-state index in [0.717, 1.165) is 0 Å². The summed E-state index contributed by atoms with van der Waals surface area (Å²) in [7, 11) is 1.46. The van der Waals surface area contributed by atoms with Crippen LogP contribution in [-0.2, 0) is 11.3 Å². The van der Waals surface area contributed by atoms with Crippen molar-refractivity contribution in [1.82, 2.24) is 0 Å². The Hall–Kier alpha value is -1.67. The third kappa shape index (κ3) is 2.67. The van der Waals surface area contributed by atoms with Crippen molar-refractivity contribution in [3.05, 3.63) is 29.1 Å². The number of methoxy groups -OCH3 is 1. The van der Waals surface area contributed by atoms with Gasteiger partial charge in [-0.25, -0.2) is 14.2 Å². The molecule has 0 aliphatic carbocycles. The van der Waals surface area contributed by atoms with Gasteiger partial charge >= 0.3 is 0 Å². The Labute approximate surface area is 94.0 Å². The average Bonchev–Trinajstić information content (AvgIpc) is 2.26. The predicted octanol–water partition coefficient (Wildman–Crippen LogP) is 2.79. The Kier molecular flexibility index (Phi) is 4.20. The van der Waals surface area contributed by atoms with Crippen molar-refractivity contribution in [2.75, 3.05) is 7.11 Å². The molecule has 0 N–H and O–H groups in total. The van der Waals surface area contributed by atoms with Crippen LogP contribution in [0.1, 0.15) is 30.9 Å². The van der Waals surface area contributed by atoms with Crippen LogP contribution in [0.2, 0.25) is 0 Å². The standard InChI is InChI=1S/C12H14FNO2/c1-8(2)10-4-9(6-14-7-15)12(16-3)5-11(10)13/h4-5,8H,6H2,1-3H3. The third-order valence-corrected chi connectivity index (χ3v) is 2.34. The lowest BCUT2D eigenvalue weighted by Crippen LogP contribution is -1.99. The molecule has 3 nitrogen and oxygen atoms in total. The molecule has 0 bridgehead atoms. The Morgan fingerprint density at radius 3 is 2.69 bits per heavy atom. The molecule has 0 unspecified atom stereocenters. The summed E-state index contributed by atoms with van der Waals surface area (Å²) in [5, 5.41) is 0. The number of isocyanates is 1. The maximum absolute atomic E-state index is 13.6. The smallest absolute Gasteiger partial charge is 0.235 e. The second-order valence-electron chi connectivity index (χ2n) is 3.75. The molecule has 0 radical (unpaired) electrons. The maximum atomic E-state index is 13.6. The third-order valence-electron chi connectivity index (χ3n) is 2.34. The summed E-state index contributed by atoms with van der Waals surface area (Å²) >= 11 is 0. The van der Waals surface area contributed by atoms with Crippen LogP contribution in [0.4, 0.5) is 4.39 Å². The van der Waals surface area contributed by atoms with Gasteiger partial charge in [0.1, 0.15) is 11.6 Å². The van der Waals surface area contributed by atoms with E-state index in [0.29, 0.717) is 16.9 Å². The monoisotopic (exact) mass is 223 g/mol. The van der Waals surface area contributed by atoms with Gasteiger partial charge in [0, 0.05) is 11.6 Å². The van der Waals surface area contributed by atoms with E-state index in [1.54, 1.807) is 6.07 Å². The normalized spacial score (nSPS) is 10.1. The van der Waals surface area contributed by atoms with Crippen molar-refractivity contribution in [2.45, 2.75) is 26.3 Å². The number of benzene rings is 1. The first-order valence-corrected chi connectivity index (χ1v) is 5.00. The van der Waals surface area contributed by atoms with Gasteiger partial charge in [-0.15, -0.1) is 0 Å². The van der Waals surface area contributed by atoms with Gasteiger partial charge in [0.25, 0.3) is 0 Å². The lowest BCUT2D eigenvalue weighted by atomic mass is 9.99. The number of hydrogen-bond acceptors (Lipinski definition) is 3. The molecule has 1 aromatic rings. The molecule has 0 amide bonds. The zero-order chi connectivity index (χ0) is 12.1. The molecule has 0 spiro atoms. The van der Waals surface area contributed by atoms with Crippen LogP contribution >= 0.6 is 0 Å². The van der Waals surface area contributed by atoms with E-state index in [-0.39, 0.29) is 18.3 Å². The van der Waals surface area contributed by atoms with Gasteiger partial charge in [0.2, 0.25) is 6.08 Å². The van der Waals surface area contributed by atoms with Crippen molar-refractivity contribution in [3.8, 4) is 5.75 Å². The van der Waals surface area contributed by atoms with Crippen molar-refractivity contribution < 1.29 is 13.9 Å². The number of carbonyl (C=O) groups excluding carboxylic acids is 1. The van der Waals surface area contributed by atoms with E-state index in [9.17, 15) is 9.18 Å². The molecule has 0 heterocycles. The second-order valence-corrected chi connectivity index (χ2v) is 3.75. The first-order valence-electron chi connectivity index (χ1n) is 5.00. The molecule has 4 heteroatoms. The van der Waals surface area contributed by atoms with Gasteiger partial charge in [-0.2, -0.15) is 0 Å². The van der Waals surface area contributed by atoms with Gasteiger partial charge in [-0.3, -0.25) is 0 Å². The molecule has 0 aromatic heterocycles. The fourth-order valence-electron chi connectivity index (χ4n) is 1.49. The van der Waals surface area contributed by atoms with E-state index in [1.807, 2.05) is 13.8 Å². The highest BCUT2D eigenvalue weighted by Crippen LogP contribution is 2.27. The summed E-state index contributed by atoms with van der Waals surface area (Å²) < 4.78 is 18.6. The lowest BCUT2D eigenvalue weighted by Gasteiger charge is -2.12. The highest BCUT2D eigenvalue weighted by molar-refractivity contribution is 5.41. The summed E-state index contributed by atoms with van der Waals surface area (Å²) in [4.78, 5) is 13.5. The van der Waals surface area contributed by atoms with Crippen molar-refractivity contribution in [1.29, 1.82) is 0 Å². The van der Waals surface area contributed by atoms with E-state index in [2.05, 4.69) is 4.99 Å². The summed E-state index contributed by atoms with van der Waals surface area (Å²) in [6.45, 7) is 3.96. The second kappa shape index (κ2) is 5.42. The highest BCUT2D eigenvalue weighted by Gasteiger charge is 2.12. The lowest BCUT2D eigenvalue weighted by molar-refractivity contribution is 0.405. The van der Waals surface area contributed by atoms with Crippen LogP contribution in [-0.4, -0.2) is 13.2 Å². The predicted molar refractivity (Wildman–Crippen MR) is 58.9 cm³/mol. The van der Waals surface area contributed by atoms with E-state index >= 15 is 0 Å². The van der Waals surface area contributed by atoms with Gasteiger partial charge in [-0.1, -0.05) is 13.8 Å². The summed E-state index contributed by atoms with van der Waals surface area (Å²) in [5.41, 5.74) is 1.29. The average molecular weight is 223 g/mol. The minimum absolute atomic E-state index is 0.0740. The Morgan fingerprint density at radius 1 is 1.50 bits per heavy atom. The van der Waals surface area contributed by atoms with Gasteiger partial charge < -0.3 is 4.74 Å². The van der Waals surface area contributed by atoms with Crippen LogP contribution in [0, 0.1) is 5.82 Å². The van der Waals surface area contributed by atoms with Crippen LogP contribution in [0.5, 0.6) is 5.75 Å². The molecule has 1 aromatic carbocycles. The van der Waals surface area contributed by atoms with E-state index < -0.39 is 0 Å². The molecule has 16 heavy (non-hydrogen) atoms. The summed E-state index contributed by atoms with van der Waals surface area (Å²) in [6.07, 6.45) is 1.46. The SMILES string of the molecule is COc1cc(F)c(C(C)C)cc1CN=C=O. The molecule has 0 fully saturated rings. The van der Waals surface area contributed by atoms with Crippen molar-refractivity contribution >= 4 is 6.08 Å². The fourth-order valence-corrected chi connectivity index (χ4v) is 1.49. The van der Waals surface area contributed by atoms with E-state index in [4.69, 9.17) is 4.74 Å². The maximum Gasteiger partial charge on any atom is 0.235 e. The fraction of sp³-hybridized carbons (Fsp3) is 0.417. The van der Waals surface area contributed by atoms with Gasteiger partial charge in [-0.05, 0) is 17.5 Å². The largest absolute Gasteiger partial charge is 0.496 e. The Balaban J connectivity index is 3.22. The molecule has 0 atom stereocenters. The number of ether oxygens (including phenoxy) is 1. The molecule has 1 rings (SSSR count). The molecule has 0 aliphatic heterocycles. The minimum Gasteiger partial charge on any atom is -0.496 e. The van der Waals surface area contributed by atoms with E-state index in [1.165, 1.54) is 19.3 Å². The van der Waals surface area contributed by atoms with Gasteiger partial charge in [0.05, 0.1) is 13.7 Å². The van der Waals surface area contributed by atoms with Crippen molar-refractivity contribution in [2.24, 2.45) is 4.99 Å². The number of rotatable bonds is 4. The van der Waals surface area contributed by atoms with Crippen LogP contribution < -0.4 is 4.74 Å². The first-order chi connectivity index (χ1) is 7.60. The molecular weight excluding hydrogens is 209 g/mol. The number of nitrogens with zero attached hydrogens (tertiary/aromatic N) is 1. The number of halogens is 1. The topological polar surface area (TPSA) is 38.7 Å². The zero-order valence-electron chi connectivity index (χ0n) is 9.58. The van der Waals surface area contributed by atoms with Crippen LogP contribution in [0.15, 0.2) is 17.1 Å².